The fourth-order valence-corrected chi connectivity index (χ4v) is 4.72. The molecule has 0 heterocycles. The van der Waals surface area contributed by atoms with Crippen molar-refractivity contribution < 1.29 is 0 Å². The smallest absolute Gasteiger partial charge is 0.00900 e. The van der Waals surface area contributed by atoms with Crippen LogP contribution in [0.4, 0.5) is 0 Å². The van der Waals surface area contributed by atoms with Gasteiger partial charge in [-0.2, -0.15) is 0 Å². The maximum atomic E-state index is 3.77. The van der Waals surface area contributed by atoms with E-state index in [4.69, 9.17) is 0 Å². The summed E-state index contributed by atoms with van der Waals surface area (Å²) >= 11 is 0. The second-order valence-corrected chi connectivity index (χ2v) is 8.07. The highest BCUT2D eigenvalue weighted by atomic mass is 14.4. The van der Waals surface area contributed by atoms with Crippen molar-refractivity contribution in [3.63, 3.8) is 0 Å². The summed E-state index contributed by atoms with van der Waals surface area (Å²) in [6, 6.07) is 0. The molecule has 0 nitrogen and oxygen atoms in total. The summed E-state index contributed by atoms with van der Waals surface area (Å²) in [5.41, 5.74) is 0.560. The van der Waals surface area contributed by atoms with Gasteiger partial charge in [0.2, 0.25) is 0 Å². The number of allylic oxidation sites excluding steroid dienone is 5. The van der Waals surface area contributed by atoms with E-state index in [2.05, 4.69) is 37.8 Å². The fourth-order valence-electron chi connectivity index (χ4n) is 4.72. The molecule has 2 rings (SSSR count). The monoisotopic (exact) mass is 314 g/mol. The van der Waals surface area contributed by atoms with Crippen molar-refractivity contribution in [2.24, 2.45) is 17.3 Å². The molecule has 23 heavy (non-hydrogen) atoms. The van der Waals surface area contributed by atoms with Crippen LogP contribution in [0.1, 0.15) is 90.4 Å². The molecular weight excluding hydrogens is 276 g/mol. The fraction of sp³-hybridized carbons (Fsp3) is 0.739. The Morgan fingerprint density at radius 1 is 0.826 bits per heavy atom. The van der Waals surface area contributed by atoms with Gasteiger partial charge in [0.15, 0.2) is 0 Å². The van der Waals surface area contributed by atoms with Crippen LogP contribution >= 0.6 is 0 Å². The zero-order chi connectivity index (χ0) is 16.4. The van der Waals surface area contributed by atoms with E-state index in [0.29, 0.717) is 5.41 Å². The lowest BCUT2D eigenvalue weighted by Gasteiger charge is -2.44. The van der Waals surface area contributed by atoms with E-state index in [-0.39, 0.29) is 0 Å². The lowest BCUT2D eigenvalue weighted by Crippen LogP contribution is -2.33. The third-order valence-corrected chi connectivity index (χ3v) is 6.27. The van der Waals surface area contributed by atoms with Crippen molar-refractivity contribution in [3.05, 3.63) is 37.0 Å². The first kappa shape index (κ1) is 18.6. The molecular formula is C23H38. The second kappa shape index (κ2) is 10.2. The molecule has 0 aromatic carbocycles. The highest BCUT2D eigenvalue weighted by molar-refractivity contribution is 5.06. The molecule has 0 aromatic rings. The van der Waals surface area contributed by atoms with Crippen LogP contribution in [0.5, 0.6) is 0 Å². The predicted octanol–water partition coefficient (Wildman–Crippen LogP) is 7.62. The van der Waals surface area contributed by atoms with Crippen LogP contribution in [0.15, 0.2) is 37.0 Å². The molecule has 2 aliphatic rings. The van der Waals surface area contributed by atoms with Gasteiger partial charge < -0.3 is 0 Å². The lowest BCUT2D eigenvalue weighted by molar-refractivity contribution is 0.104. The summed E-state index contributed by atoms with van der Waals surface area (Å²) in [4.78, 5) is 0. The Balaban J connectivity index is 1.84. The van der Waals surface area contributed by atoms with Gasteiger partial charge in [-0.15, -0.1) is 6.58 Å². The highest BCUT2D eigenvalue weighted by Crippen LogP contribution is 2.50. The summed E-state index contributed by atoms with van der Waals surface area (Å²) in [5.74, 6) is 1.94. The molecule has 2 aliphatic carbocycles. The van der Waals surface area contributed by atoms with Crippen molar-refractivity contribution >= 4 is 0 Å². The molecule has 130 valence electrons. The van der Waals surface area contributed by atoms with Crippen molar-refractivity contribution in [3.8, 4) is 0 Å². The van der Waals surface area contributed by atoms with Crippen LogP contribution in [0, 0.1) is 17.3 Å². The van der Waals surface area contributed by atoms with Gasteiger partial charge in [0, 0.05) is 0 Å². The largest absolute Gasteiger partial charge is 0.103 e. The van der Waals surface area contributed by atoms with Crippen LogP contribution in [0.2, 0.25) is 0 Å². The molecule has 0 bridgehead atoms. The minimum atomic E-state index is 0.560. The van der Waals surface area contributed by atoms with E-state index in [1.54, 1.807) is 0 Å². The van der Waals surface area contributed by atoms with Crippen LogP contribution in [0.25, 0.3) is 0 Å². The Labute approximate surface area is 145 Å². The standard InChI is InChI=1S/C23H38/c1-3-4-5-6-7-8-9-11-18-23(19-12-10-13-20-23)22-16-14-21(2)15-17-22/h3,6-7,11,18,21-22H,1,4-5,8-10,12-17,19-20H2,2H3/b7-6+,18-11+. The van der Waals surface area contributed by atoms with E-state index in [9.17, 15) is 0 Å². The summed E-state index contributed by atoms with van der Waals surface area (Å²) in [5, 5.41) is 0. The van der Waals surface area contributed by atoms with Gasteiger partial charge in [0.05, 0.1) is 0 Å². The minimum absolute atomic E-state index is 0.560. The molecule has 0 heteroatoms. The number of rotatable bonds is 8. The van der Waals surface area contributed by atoms with Crippen LogP contribution in [-0.4, -0.2) is 0 Å². The van der Waals surface area contributed by atoms with Crippen LogP contribution < -0.4 is 0 Å². The molecule has 0 aliphatic heterocycles. The third kappa shape index (κ3) is 5.98. The van der Waals surface area contributed by atoms with Crippen LogP contribution in [-0.2, 0) is 0 Å². The van der Waals surface area contributed by atoms with E-state index in [1.165, 1.54) is 70.6 Å². The Hall–Kier alpha value is -0.780. The van der Waals surface area contributed by atoms with Gasteiger partial charge in [0.1, 0.15) is 0 Å². The predicted molar refractivity (Wildman–Crippen MR) is 104 cm³/mol. The van der Waals surface area contributed by atoms with Crippen molar-refractivity contribution in [2.45, 2.75) is 90.4 Å². The molecule has 0 N–H and O–H groups in total. The zero-order valence-electron chi connectivity index (χ0n) is 15.4. The molecule has 0 aromatic heterocycles. The summed E-state index contributed by atoms with van der Waals surface area (Å²) in [7, 11) is 0. The highest BCUT2D eigenvalue weighted by Gasteiger charge is 2.38. The number of hydrogen-bond acceptors (Lipinski definition) is 0. The van der Waals surface area contributed by atoms with E-state index in [1.807, 2.05) is 6.08 Å². The van der Waals surface area contributed by atoms with Crippen molar-refractivity contribution in [2.75, 3.05) is 0 Å². The number of hydrogen-bond donors (Lipinski definition) is 0. The average molecular weight is 315 g/mol. The SMILES string of the molecule is C=CCC/C=C/CC/C=C/C1(C2CCC(C)CC2)CCCCC1. The quantitative estimate of drug-likeness (QED) is 0.319. The lowest BCUT2D eigenvalue weighted by atomic mass is 9.60. The first-order valence-corrected chi connectivity index (χ1v) is 10.2. The normalized spacial score (nSPS) is 28.4. The average Bonchev–Trinajstić information content (AvgIpc) is 2.59. The molecule has 2 fully saturated rings. The third-order valence-electron chi connectivity index (χ3n) is 6.27. The molecule has 0 radical (unpaired) electrons. The molecule has 0 amide bonds. The molecule has 0 saturated heterocycles. The van der Waals surface area contributed by atoms with Crippen molar-refractivity contribution in [1.82, 2.24) is 0 Å². The first-order valence-electron chi connectivity index (χ1n) is 10.2. The van der Waals surface area contributed by atoms with Crippen molar-refractivity contribution in [1.29, 1.82) is 0 Å². The molecule has 0 atom stereocenters. The second-order valence-electron chi connectivity index (χ2n) is 8.07. The maximum absolute atomic E-state index is 3.77. The van der Waals surface area contributed by atoms with Gasteiger partial charge in [-0.3, -0.25) is 0 Å². The summed E-state index contributed by atoms with van der Waals surface area (Å²) in [6.45, 7) is 6.21. The minimum Gasteiger partial charge on any atom is -0.103 e. The van der Waals surface area contributed by atoms with Gasteiger partial charge in [0.25, 0.3) is 0 Å². The molecule has 0 spiro atoms. The van der Waals surface area contributed by atoms with E-state index >= 15 is 0 Å². The van der Waals surface area contributed by atoms with Gasteiger partial charge in [-0.25, -0.2) is 0 Å². The Morgan fingerprint density at radius 3 is 2.09 bits per heavy atom. The van der Waals surface area contributed by atoms with E-state index < -0.39 is 0 Å². The van der Waals surface area contributed by atoms with Gasteiger partial charge >= 0.3 is 0 Å². The van der Waals surface area contributed by atoms with E-state index in [0.717, 1.165) is 24.7 Å². The Bertz CT molecular complexity index is 373. The molecule has 0 unspecified atom stereocenters. The summed E-state index contributed by atoms with van der Waals surface area (Å²) < 4.78 is 0. The number of unbranched alkanes of at least 4 members (excludes halogenated alkanes) is 2. The summed E-state index contributed by atoms with van der Waals surface area (Å²) in [6.07, 6.45) is 29.7. The van der Waals surface area contributed by atoms with Gasteiger partial charge in [-0.05, 0) is 68.6 Å². The Kier molecular flexibility index (Phi) is 8.20. The maximum Gasteiger partial charge on any atom is -0.00900 e. The Morgan fingerprint density at radius 2 is 1.43 bits per heavy atom. The zero-order valence-corrected chi connectivity index (χ0v) is 15.4. The van der Waals surface area contributed by atoms with Gasteiger partial charge in [-0.1, -0.05) is 69.4 Å². The van der Waals surface area contributed by atoms with Crippen LogP contribution in [0.3, 0.4) is 0 Å². The first-order chi connectivity index (χ1) is 11.3. The topological polar surface area (TPSA) is 0 Å². The molecule has 2 saturated carbocycles.